The fraction of sp³-hybridized carbons (Fsp3) is 0.464. The molecule has 1 spiro atoms. The van der Waals surface area contributed by atoms with Gasteiger partial charge in [-0.1, -0.05) is 6.92 Å². The summed E-state index contributed by atoms with van der Waals surface area (Å²) in [7, 11) is 0.808. The lowest BCUT2D eigenvalue weighted by atomic mass is 9.88. The first kappa shape index (κ1) is 29.7. The van der Waals surface area contributed by atoms with Crippen LogP contribution in [0.25, 0.3) is 10.9 Å². The van der Waals surface area contributed by atoms with Gasteiger partial charge in [-0.3, -0.25) is 14.1 Å². The van der Waals surface area contributed by atoms with Gasteiger partial charge in [0.2, 0.25) is 0 Å². The first-order chi connectivity index (χ1) is 20.0. The molecule has 0 amide bonds. The van der Waals surface area contributed by atoms with Crippen molar-refractivity contribution in [2.75, 3.05) is 57.0 Å². The largest absolute Gasteiger partial charge is 0.451 e. The smallest absolute Gasteiger partial charge is 0.301 e. The summed E-state index contributed by atoms with van der Waals surface area (Å²) in [5.41, 5.74) is -0.268. The Hall–Kier alpha value is -3.77. The number of piperidine rings is 1. The summed E-state index contributed by atoms with van der Waals surface area (Å²) in [5, 5.41) is 13.5. The number of hydrogen-bond donors (Lipinski definition) is 2. The second kappa shape index (κ2) is 11.5. The number of nitrogens with zero attached hydrogens (tertiary/aromatic N) is 5. The molecule has 1 atom stereocenters. The van der Waals surface area contributed by atoms with E-state index in [1.807, 2.05) is 6.07 Å². The second-order valence-corrected chi connectivity index (χ2v) is 12.6. The van der Waals surface area contributed by atoms with Gasteiger partial charge in [-0.25, -0.2) is 9.37 Å². The van der Waals surface area contributed by atoms with Gasteiger partial charge in [0.15, 0.2) is 17.3 Å². The molecule has 1 unspecified atom stereocenters. The third-order valence-electron chi connectivity index (χ3n) is 7.96. The van der Waals surface area contributed by atoms with Crippen molar-refractivity contribution in [3.05, 3.63) is 52.3 Å². The van der Waals surface area contributed by atoms with Crippen molar-refractivity contribution in [1.82, 2.24) is 19.2 Å². The molecule has 14 heteroatoms. The van der Waals surface area contributed by atoms with Crippen LogP contribution in [0.5, 0.6) is 11.5 Å². The molecule has 0 bridgehead atoms. The van der Waals surface area contributed by atoms with Crippen molar-refractivity contribution in [3.8, 4) is 17.6 Å². The average molecular weight is 600 g/mol. The monoisotopic (exact) mass is 599 g/mol. The van der Waals surface area contributed by atoms with Gasteiger partial charge in [0.1, 0.15) is 11.6 Å². The summed E-state index contributed by atoms with van der Waals surface area (Å²) in [4.78, 5) is 20.2. The molecule has 2 N–H and O–H groups in total. The zero-order valence-corrected chi connectivity index (χ0v) is 24.8. The zero-order chi connectivity index (χ0) is 30.2. The maximum atomic E-state index is 15.2. The van der Waals surface area contributed by atoms with E-state index in [1.54, 1.807) is 42.6 Å². The minimum atomic E-state index is -4.00. The Bertz CT molecular complexity index is 1710. The molecule has 42 heavy (non-hydrogen) atoms. The summed E-state index contributed by atoms with van der Waals surface area (Å²) in [6.07, 6.45) is 3.98. The fourth-order valence-electron chi connectivity index (χ4n) is 5.55. The minimum Gasteiger partial charge on any atom is -0.451 e. The van der Waals surface area contributed by atoms with E-state index in [4.69, 9.17) is 9.47 Å². The summed E-state index contributed by atoms with van der Waals surface area (Å²) in [6, 6.07) is 6.97. The van der Waals surface area contributed by atoms with Gasteiger partial charge in [0, 0.05) is 27.7 Å². The van der Waals surface area contributed by atoms with Gasteiger partial charge < -0.3 is 19.7 Å². The molecule has 2 aromatic carbocycles. The van der Waals surface area contributed by atoms with E-state index in [-0.39, 0.29) is 46.1 Å². The lowest BCUT2D eigenvalue weighted by Crippen LogP contribution is -2.41. The average Bonchev–Trinajstić information content (AvgIpc) is 3.37. The molecule has 3 aromatic rings. The lowest BCUT2D eigenvalue weighted by Gasteiger charge is -2.32. The van der Waals surface area contributed by atoms with Crippen LogP contribution in [0, 0.1) is 17.1 Å². The summed E-state index contributed by atoms with van der Waals surface area (Å²) in [5.74, 6) is -1.24. The number of benzene rings is 2. The molecule has 12 nitrogen and oxygen atoms in total. The lowest BCUT2D eigenvalue weighted by molar-refractivity contribution is -0.0196. The number of halogens is 1. The van der Waals surface area contributed by atoms with E-state index in [0.29, 0.717) is 24.2 Å². The van der Waals surface area contributed by atoms with Crippen LogP contribution in [0.1, 0.15) is 37.8 Å². The second-order valence-electron chi connectivity index (χ2n) is 10.8. The van der Waals surface area contributed by atoms with E-state index in [2.05, 4.69) is 15.0 Å². The normalized spacial score (nSPS) is 18.4. The Morgan fingerprint density at radius 2 is 2.00 bits per heavy atom. The van der Waals surface area contributed by atoms with Crippen LogP contribution >= 0.6 is 0 Å². The molecule has 224 valence electrons. The molecule has 2 saturated heterocycles. The van der Waals surface area contributed by atoms with Gasteiger partial charge in [0.25, 0.3) is 5.56 Å². The molecular formula is C28H34FN7O5S. The van der Waals surface area contributed by atoms with Crippen molar-refractivity contribution in [2.45, 2.75) is 37.8 Å². The zero-order valence-electron chi connectivity index (χ0n) is 24.0. The highest BCUT2D eigenvalue weighted by Gasteiger charge is 2.42. The van der Waals surface area contributed by atoms with E-state index in [1.165, 1.54) is 13.4 Å². The quantitative estimate of drug-likeness (QED) is 0.400. The maximum Gasteiger partial charge on any atom is 0.301 e. The molecule has 5 rings (SSSR count). The van der Waals surface area contributed by atoms with Crippen LogP contribution in [0.3, 0.4) is 0 Å². The highest BCUT2D eigenvalue weighted by atomic mass is 32.2. The Morgan fingerprint density at radius 1 is 1.26 bits per heavy atom. The number of anilines is 2. The van der Waals surface area contributed by atoms with Gasteiger partial charge in [-0.15, -0.1) is 0 Å². The van der Waals surface area contributed by atoms with E-state index < -0.39 is 21.8 Å². The van der Waals surface area contributed by atoms with E-state index >= 15 is 4.39 Å². The number of rotatable bonds is 8. The van der Waals surface area contributed by atoms with Crippen LogP contribution in [0.15, 0.2) is 35.4 Å². The van der Waals surface area contributed by atoms with Gasteiger partial charge >= 0.3 is 10.2 Å². The van der Waals surface area contributed by atoms with Gasteiger partial charge in [-0.05, 0) is 56.6 Å². The molecule has 3 heterocycles. The first-order valence-corrected chi connectivity index (χ1v) is 15.1. The highest BCUT2D eigenvalue weighted by Crippen LogP contribution is 2.41. The summed E-state index contributed by atoms with van der Waals surface area (Å²) >= 11 is 0. The van der Waals surface area contributed by atoms with Gasteiger partial charge in [0.05, 0.1) is 46.9 Å². The topological polar surface area (TPSA) is 142 Å². The number of hydrogen-bond acceptors (Lipinski definition) is 9. The third-order valence-corrected chi connectivity index (χ3v) is 9.52. The fourth-order valence-corrected chi connectivity index (χ4v) is 6.50. The number of aromatic nitrogens is 2. The predicted octanol–water partition coefficient (Wildman–Crippen LogP) is 2.96. The van der Waals surface area contributed by atoms with E-state index in [0.717, 1.165) is 42.4 Å². The SMILES string of the molecule is CCN(C)S(=O)(=O)Nc1ccc(F)c(Oc2ccc3ncn(C4COC5(CCNCC5)C4)c(=O)c3c2N(C)C)c1C#N. The van der Waals surface area contributed by atoms with Crippen LogP contribution in [-0.2, 0) is 14.9 Å². The molecular weight excluding hydrogens is 565 g/mol. The minimum absolute atomic E-state index is 0.0998. The summed E-state index contributed by atoms with van der Waals surface area (Å²) < 4.78 is 57.6. The number of nitriles is 1. The van der Waals surface area contributed by atoms with Crippen LogP contribution in [-0.4, -0.2) is 75.3 Å². The Labute approximate surface area is 243 Å². The van der Waals surface area contributed by atoms with Crippen LogP contribution in [0.2, 0.25) is 0 Å². The molecule has 0 radical (unpaired) electrons. The molecule has 0 aliphatic carbocycles. The molecule has 2 aliphatic rings. The Morgan fingerprint density at radius 3 is 2.67 bits per heavy atom. The van der Waals surface area contributed by atoms with Crippen LogP contribution < -0.4 is 25.2 Å². The predicted molar refractivity (Wildman–Crippen MR) is 157 cm³/mol. The molecule has 2 fully saturated rings. The van der Waals surface area contributed by atoms with Crippen molar-refractivity contribution < 1.29 is 22.3 Å². The van der Waals surface area contributed by atoms with Crippen molar-refractivity contribution >= 4 is 32.5 Å². The molecule has 2 aliphatic heterocycles. The van der Waals surface area contributed by atoms with Crippen molar-refractivity contribution in [1.29, 1.82) is 5.26 Å². The van der Waals surface area contributed by atoms with Crippen molar-refractivity contribution in [3.63, 3.8) is 0 Å². The third kappa shape index (κ3) is 5.40. The number of fused-ring (bicyclic) bond motifs is 1. The Balaban J connectivity index is 1.57. The van der Waals surface area contributed by atoms with Crippen LogP contribution in [0.4, 0.5) is 15.8 Å². The van der Waals surface area contributed by atoms with E-state index in [9.17, 15) is 18.5 Å². The maximum absolute atomic E-state index is 15.2. The first-order valence-electron chi connectivity index (χ1n) is 13.7. The number of ether oxygens (including phenoxy) is 2. The standard InChI is InChI=1S/C28H34FN7O5S/c1-5-35(4)42(38,39)33-21-7-6-20(29)26(19(21)15-30)41-23-9-8-22-24(25(23)34(2)3)27(37)36(17-32-22)18-14-28(40-16-18)10-12-31-13-11-28/h6-9,17-18,31,33H,5,10-14,16H2,1-4H3. The van der Waals surface area contributed by atoms with Crippen molar-refractivity contribution in [2.24, 2.45) is 0 Å². The Kier molecular flexibility index (Phi) is 8.13. The van der Waals surface area contributed by atoms with Gasteiger partial charge in [-0.2, -0.15) is 18.0 Å². The number of nitrogens with one attached hydrogen (secondary N) is 2. The molecule has 1 aromatic heterocycles. The molecule has 0 saturated carbocycles. The highest BCUT2D eigenvalue weighted by molar-refractivity contribution is 7.90. The summed E-state index contributed by atoms with van der Waals surface area (Å²) in [6.45, 7) is 3.96.